The molecule has 0 saturated carbocycles. The van der Waals surface area contributed by atoms with Gasteiger partial charge >= 0.3 is 18.4 Å². The second kappa shape index (κ2) is 9.70. The number of hydrogen-bond acceptors (Lipinski definition) is 5. The van der Waals surface area contributed by atoms with Gasteiger partial charge in [0.25, 0.3) is 5.91 Å². The maximum atomic E-state index is 14.4. The van der Waals surface area contributed by atoms with Crippen LogP contribution in [0.3, 0.4) is 0 Å². The van der Waals surface area contributed by atoms with E-state index in [1.54, 1.807) is 0 Å². The summed E-state index contributed by atoms with van der Waals surface area (Å²) in [5.74, 6) is -5.64. The van der Waals surface area contributed by atoms with Crippen molar-refractivity contribution in [1.29, 1.82) is 0 Å². The molecule has 240 valence electrons. The van der Waals surface area contributed by atoms with E-state index in [-0.39, 0.29) is 34.0 Å². The van der Waals surface area contributed by atoms with Gasteiger partial charge in [-0.3, -0.25) is 19.3 Å². The third-order valence-corrected chi connectivity index (χ3v) is 8.47. The molecule has 2 heterocycles. The Balaban J connectivity index is 1.60. The summed E-state index contributed by atoms with van der Waals surface area (Å²) >= 11 is 0. The lowest BCUT2D eigenvalue weighted by Gasteiger charge is -2.45. The first-order chi connectivity index (χ1) is 21.3. The highest BCUT2D eigenvalue weighted by Crippen LogP contribution is 2.61. The van der Waals surface area contributed by atoms with Gasteiger partial charge in [0.05, 0.1) is 23.6 Å². The number of urea groups is 1. The molecule has 2 fully saturated rings. The summed E-state index contributed by atoms with van der Waals surface area (Å²) in [6.45, 7) is -1.58. The van der Waals surface area contributed by atoms with Gasteiger partial charge in [-0.05, 0) is 49.4 Å². The highest BCUT2D eigenvalue weighted by atomic mass is 19.4. The zero-order valence-corrected chi connectivity index (χ0v) is 23.1. The molecule has 6 rings (SSSR count). The Morgan fingerprint density at radius 3 is 2.35 bits per heavy atom. The lowest BCUT2D eigenvalue weighted by atomic mass is 9.58. The molecule has 3 unspecified atom stereocenters. The number of aldehydes is 1. The van der Waals surface area contributed by atoms with Gasteiger partial charge in [0.15, 0.2) is 11.3 Å². The molecular formula is C29H18F8N4O5. The smallest absolute Gasteiger partial charge is 0.335 e. The number of allylic oxidation sites excluding steroid dienone is 1. The summed E-state index contributed by atoms with van der Waals surface area (Å²) in [7, 11) is 0. The van der Waals surface area contributed by atoms with Crippen LogP contribution in [0.15, 0.2) is 59.4 Å². The number of nitrogens with zero attached hydrogens (tertiary/aromatic N) is 2. The predicted octanol–water partition coefficient (Wildman–Crippen LogP) is 3.96. The molecule has 0 aromatic heterocycles. The van der Waals surface area contributed by atoms with Crippen molar-refractivity contribution in [2.45, 2.75) is 30.9 Å². The molecule has 0 radical (unpaired) electrons. The van der Waals surface area contributed by atoms with E-state index in [9.17, 15) is 59.1 Å². The Bertz CT molecular complexity index is 1850. The van der Waals surface area contributed by atoms with E-state index in [1.807, 2.05) is 0 Å². The molecule has 2 aliphatic heterocycles. The van der Waals surface area contributed by atoms with Crippen LogP contribution in [0.5, 0.6) is 0 Å². The van der Waals surface area contributed by atoms with Gasteiger partial charge in [-0.25, -0.2) is 13.6 Å². The van der Waals surface area contributed by atoms with Gasteiger partial charge in [-0.2, -0.15) is 26.3 Å². The number of hydrogen-bond donors (Lipinski definition) is 2. The molecule has 9 nitrogen and oxygen atoms in total. The SMILES string of the molecule is CC12C(=O)NC3(C(=O)c4ccc(F)cc43)C1=C(NC(=O)c1cc(F)cc(C(F)(F)F)c1)C=C1C2N(CC=O)C(=O)N1CC(F)(F)F. The van der Waals surface area contributed by atoms with Crippen LogP contribution in [0.1, 0.15) is 38.8 Å². The molecule has 4 aliphatic rings. The first kappa shape index (κ1) is 30.9. The van der Waals surface area contributed by atoms with Crippen LogP contribution >= 0.6 is 0 Å². The van der Waals surface area contributed by atoms with E-state index >= 15 is 0 Å². The second-order valence-electron chi connectivity index (χ2n) is 11.2. The quantitative estimate of drug-likeness (QED) is 0.374. The third kappa shape index (κ3) is 4.23. The summed E-state index contributed by atoms with van der Waals surface area (Å²) in [6, 6.07) is 0.808. The molecule has 3 atom stereocenters. The minimum atomic E-state index is -5.08. The molecule has 4 amide bonds. The molecule has 1 spiro atoms. The summed E-state index contributed by atoms with van der Waals surface area (Å²) in [6.07, 6.45) is -9.08. The largest absolute Gasteiger partial charge is 0.416 e. The number of amides is 4. The molecule has 2 aliphatic carbocycles. The van der Waals surface area contributed by atoms with E-state index in [0.29, 0.717) is 17.0 Å². The van der Waals surface area contributed by atoms with Crippen LogP contribution in [0, 0.1) is 17.0 Å². The number of alkyl halides is 6. The number of fused-ring (bicyclic) bond motifs is 6. The number of carbonyl (C=O) groups is 5. The van der Waals surface area contributed by atoms with Gasteiger partial charge in [0, 0.05) is 33.7 Å². The maximum absolute atomic E-state index is 14.4. The van der Waals surface area contributed by atoms with Crippen molar-refractivity contribution in [2.75, 3.05) is 13.1 Å². The summed E-state index contributed by atoms with van der Waals surface area (Å²) in [5, 5.41) is 4.63. The van der Waals surface area contributed by atoms with Crippen LogP contribution in [0.2, 0.25) is 0 Å². The number of nitrogens with one attached hydrogen (secondary N) is 2. The Hall–Kier alpha value is -5.09. The standard InChI is InChI=1S/C29H18F8N4O5/c1-26-20(28(39-24(26)45)17-9-14(30)2-3-16(17)22(28)43)18(38-23(44)12-6-13(29(35,36)37)8-15(31)7-12)10-19-21(26)40(4-5-42)25(46)41(19)11-27(32,33)34/h2-3,5-10,21H,4,11H2,1H3,(H,38,44)(H,39,45). The number of rotatable bonds is 5. The van der Waals surface area contributed by atoms with E-state index in [1.165, 1.54) is 0 Å². The molecule has 2 N–H and O–H groups in total. The van der Waals surface area contributed by atoms with Crippen molar-refractivity contribution in [3.8, 4) is 0 Å². The summed E-state index contributed by atoms with van der Waals surface area (Å²) in [5.41, 5.74) is -8.58. The topological polar surface area (TPSA) is 116 Å². The number of Topliss-reactive ketones (excluding diaryl/α,β-unsaturated/α-hetero) is 1. The predicted molar refractivity (Wildman–Crippen MR) is 137 cm³/mol. The Morgan fingerprint density at radius 1 is 1.02 bits per heavy atom. The van der Waals surface area contributed by atoms with Crippen molar-refractivity contribution < 1.29 is 59.1 Å². The fourth-order valence-electron chi connectivity index (χ4n) is 6.71. The van der Waals surface area contributed by atoms with Gasteiger partial charge in [0.1, 0.15) is 24.5 Å². The molecule has 46 heavy (non-hydrogen) atoms. The molecule has 0 bridgehead atoms. The molecule has 2 saturated heterocycles. The zero-order valence-electron chi connectivity index (χ0n) is 23.1. The highest BCUT2D eigenvalue weighted by Gasteiger charge is 2.72. The Kier molecular flexibility index (Phi) is 6.52. The summed E-state index contributed by atoms with van der Waals surface area (Å²) < 4.78 is 110. The van der Waals surface area contributed by atoms with E-state index < -0.39 is 100 Å². The number of halogens is 8. The molecular weight excluding hydrogens is 636 g/mol. The fraction of sp³-hybridized carbons (Fsp3) is 0.276. The van der Waals surface area contributed by atoms with Crippen molar-refractivity contribution in [3.63, 3.8) is 0 Å². The van der Waals surface area contributed by atoms with E-state index in [0.717, 1.165) is 31.2 Å². The van der Waals surface area contributed by atoms with Crippen LogP contribution < -0.4 is 10.6 Å². The second-order valence-corrected chi connectivity index (χ2v) is 11.2. The fourth-order valence-corrected chi connectivity index (χ4v) is 6.71. The average molecular weight is 654 g/mol. The van der Waals surface area contributed by atoms with Crippen molar-refractivity contribution in [2.24, 2.45) is 5.41 Å². The van der Waals surface area contributed by atoms with Gasteiger partial charge < -0.3 is 20.3 Å². The van der Waals surface area contributed by atoms with Gasteiger partial charge in [-0.1, -0.05) is 0 Å². The number of ketones is 1. The molecule has 2 aromatic carbocycles. The monoisotopic (exact) mass is 654 g/mol. The van der Waals surface area contributed by atoms with Crippen LogP contribution in [0.25, 0.3) is 0 Å². The van der Waals surface area contributed by atoms with Gasteiger partial charge in [0.2, 0.25) is 5.91 Å². The zero-order chi connectivity index (χ0) is 33.7. The van der Waals surface area contributed by atoms with Crippen molar-refractivity contribution >= 4 is 29.9 Å². The minimum Gasteiger partial charge on any atom is -0.335 e. The average Bonchev–Trinajstić information content (AvgIpc) is 3.36. The van der Waals surface area contributed by atoms with Crippen molar-refractivity contribution in [1.82, 2.24) is 20.4 Å². The lowest BCUT2D eigenvalue weighted by molar-refractivity contribution is -0.138. The molecule has 17 heteroatoms. The highest BCUT2D eigenvalue weighted by molar-refractivity contribution is 6.21. The van der Waals surface area contributed by atoms with Crippen LogP contribution in [0.4, 0.5) is 39.9 Å². The van der Waals surface area contributed by atoms with Crippen LogP contribution in [-0.4, -0.2) is 65.0 Å². The van der Waals surface area contributed by atoms with Crippen molar-refractivity contribution in [3.05, 3.63) is 93.3 Å². The van der Waals surface area contributed by atoms with E-state index in [2.05, 4.69) is 10.6 Å². The minimum absolute atomic E-state index is 0.0650. The normalized spacial score (nSPS) is 25.2. The molecule has 2 aromatic rings. The number of benzene rings is 2. The Morgan fingerprint density at radius 2 is 1.72 bits per heavy atom. The lowest BCUT2D eigenvalue weighted by Crippen LogP contribution is -2.56. The van der Waals surface area contributed by atoms with E-state index in [4.69, 9.17) is 0 Å². The summed E-state index contributed by atoms with van der Waals surface area (Å²) in [4.78, 5) is 66.7. The third-order valence-electron chi connectivity index (χ3n) is 8.47. The maximum Gasteiger partial charge on any atom is 0.416 e. The van der Waals surface area contributed by atoms with Gasteiger partial charge in [-0.15, -0.1) is 0 Å². The first-order valence-electron chi connectivity index (χ1n) is 13.3. The Labute approximate surface area is 252 Å². The van der Waals surface area contributed by atoms with Crippen LogP contribution in [-0.2, 0) is 21.3 Å². The first-order valence-corrected chi connectivity index (χ1v) is 13.3. The number of carbonyl (C=O) groups excluding carboxylic acids is 5.